The number of carbonyl (C=O) groups excluding carboxylic acids is 1. The van der Waals surface area contributed by atoms with Crippen LogP contribution in [0.15, 0.2) is 64.6 Å². The van der Waals surface area contributed by atoms with E-state index < -0.39 is 5.97 Å². The van der Waals surface area contributed by atoms with Gasteiger partial charge in [0.15, 0.2) is 11.7 Å². The number of ether oxygens (including phenoxy) is 2. The van der Waals surface area contributed by atoms with E-state index in [1.54, 1.807) is 18.7 Å². The van der Waals surface area contributed by atoms with Gasteiger partial charge in [0.2, 0.25) is 0 Å². The molecule has 1 fully saturated rings. The van der Waals surface area contributed by atoms with Crippen LogP contribution in [0.25, 0.3) is 11.3 Å². The van der Waals surface area contributed by atoms with Crippen molar-refractivity contribution in [2.24, 2.45) is 9.98 Å². The summed E-state index contributed by atoms with van der Waals surface area (Å²) in [5.41, 5.74) is 3.37. The van der Waals surface area contributed by atoms with Gasteiger partial charge in [0, 0.05) is 11.1 Å². The summed E-state index contributed by atoms with van der Waals surface area (Å²) >= 11 is 0. The summed E-state index contributed by atoms with van der Waals surface area (Å²) in [6, 6.07) is 17.6. The highest BCUT2D eigenvalue weighted by molar-refractivity contribution is 6.50. The first-order valence-electron chi connectivity index (χ1n) is 11.9. The van der Waals surface area contributed by atoms with Gasteiger partial charge in [-0.3, -0.25) is 4.99 Å². The van der Waals surface area contributed by atoms with Crippen molar-refractivity contribution in [1.82, 2.24) is 9.78 Å². The normalized spacial score (nSPS) is 16.9. The Kier molecular flexibility index (Phi) is 6.25. The van der Waals surface area contributed by atoms with Crippen LogP contribution in [0.2, 0.25) is 0 Å². The minimum Gasteiger partial charge on any atom is -0.497 e. The Morgan fingerprint density at radius 3 is 2.44 bits per heavy atom. The Morgan fingerprint density at radius 1 is 1.03 bits per heavy atom. The number of methoxy groups -OCH3 is 1. The molecule has 7 nitrogen and oxygen atoms in total. The van der Waals surface area contributed by atoms with Crippen molar-refractivity contribution in [3.63, 3.8) is 0 Å². The van der Waals surface area contributed by atoms with E-state index in [0.717, 1.165) is 29.7 Å². The summed E-state index contributed by atoms with van der Waals surface area (Å²) < 4.78 is 12.5. The third kappa shape index (κ3) is 4.14. The van der Waals surface area contributed by atoms with E-state index in [1.165, 1.54) is 19.3 Å². The number of nitrogens with zero attached hydrogens (tertiary/aromatic N) is 4. The van der Waals surface area contributed by atoms with E-state index in [4.69, 9.17) is 24.6 Å². The molecule has 0 radical (unpaired) electrons. The van der Waals surface area contributed by atoms with Gasteiger partial charge in [-0.15, -0.1) is 0 Å². The van der Waals surface area contributed by atoms with Crippen LogP contribution in [-0.2, 0) is 4.74 Å². The Labute approximate surface area is 199 Å². The minimum atomic E-state index is -0.431. The number of rotatable bonds is 6. The molecule has 5 rings (SSSR count). The first kappa shape index (κ1) is 22.1. The summed E-state index contributed by atoms with van der Waals surface area (Å²) in [5, 5.41) is 4.87. The third-order valence-corrected chi connectivity index (χ3v) is 6.26. The Bertz CT molecular complexity index is 1240. The fourth-order valence-electron chi connectivity index (χ4n) is 4.55. The van der Waals surface area contributed by atoms with E-state index in [2.05, 4.69) is 0 Å². The fraction of sp³-hybridized carbons (Fsp3) is 0.333. The number of hydrogen-bond acceptors (Lipinski definition) is 6. The lowest BCUT2D eigenvalue weighted by molar-refractivity contribution is 0.0528. The summed E-state index contributed by atoms with van der Waals surface area (Å²) in [7, 11) is 1.64. The van der Waals surface area contributed by atoms with Crippen LogP contribution in [0.4, 0.5) is 5.82 Å². The van der Waals surface area contributed by atoms with E-state index in [9.17, 15) is 4.79 Å². The van der Waals surface area contributed by atoms with Gasteiger partial charge in [0.1, 0.15) is 22.7 Å². The molecule has 0 bridgehead atoms. The predicted octanol–water partition coefficient (Wildman–Crippen LogP) is 5.45. The topological polar surface area (TPSA) is 78.1 Å². The molecule has 0 saturated heterocycles. The molecule has 2 heterocycles. The van der Waals surface area contributed by atoms with Gasteiger partial charge in [-0.2, -0.15) is 9.78 Å². The number of benzene rings is 2. The van der Waals surface area contributed by atoms with Gasteiger partial charge in [-0.05, 0) is 44.0 Å². The lowest BCUT2D eigenvalue weighted by Gasteiger charge is -2.18. The molecule has 2 aliphatic rings. The molecule has 0 amide bonds. The van der Waals surface area contributed by atoms with Crippen molar-refractivity contribution in [2.45, 2.75) is 45.1 Å². The van der Waals surface area contributed by atoms with Crippen LogP contribution in [0.3, 0.4) is 0 Å². The monoisotopic (exact) mass is 456 g/mol. The number of aliphatic imine (C=N–C) groups is 2. The minimum absolute atomic E-state index is 0.216. The number of esters is 1. The highest BCUT2D eigenvalue weighted by Crippen LogP contribution is 2.36. The van der Waals surface area contributed by atoms with Crippen molar-refractivity contribution in [2.75, 3.05) is 13.7 Å². The zero-order valence-electron chi connectivity index (χ0n) is 19.5. The van der Waals surface area contributed by atoms with Gasteiger partial charge in [0.25, 0.3) is 0 Å². The van der Waals surface area contributed by atoms with Gasteiger partial charge < -0.3 is 9.47 Å². The van der Waals surface area contributed by atoms with Crippen LogP contribution in [0.1, 0.15) is 54.9 Å². The van der Waals surface area contributed by atoms with Crippen molar-refractivity contribution in [1.29, 1.82) is 0 Å². The van der Waals surface area contributed by atoms with Crippen LogP contribution in [0, 0.1) is 0 Å². The SMILES string of the molecule is CCOC(=O)c1c(-c2ccccc2)nn2c1N=C(c1ccc(OC)cc1)C2=NC1CCCCC1. The van der Waals surface area contributed by atoms with Crippen LogP contribution < -0.4 is 4.74 Å². The van der Waals surface area contributed by atoms with Gasteiger partial charge >= 0.3 is 5.97 Å². The summed E-state index contributed by atoms with van der Waals surface area (Å²) in [5.74, 6) is 1.49. The highest BCUT2D eigenvalue weighted by Gasteiger charge is 2.34. The number of aromatic nitrogens is 2. The molecule has 1 aromatic heterocycles. The molecule has 34 heavy (non-hydrogen) atoms. The first-order valence-corrected chi connectivity index (χ1v) is 11.9. The van der Waals surface area contributed by atoms with Crippen molar-refractivity contribution >= 4 is 23.3 Å². The van der Waals surface area contributed by atoms with Crippen molar-refractivity contribution in [3.05, 3.63) is 65.7 Å². The van der Waals surface area contributed by atoms with E-state index in [1.807, 2.05) is 54.6 Å². The number of hydrogen-bond donors (Lipinski definition) is 0. The Balaban J connectivity index is 1.68. The van der Waals surface area contributed by atoms with Crippen molar-refractivity contribution < 1.29 is 14.3 Å². The van der Waals surface area contributed by atoms with E-state index >= 15 is 0 Å². The molecular formula is C27H28N4O3. The van der Waals surface area contributed by atoms with Gasteiger partial charge in [-0.1, -0.05) is 49.6 Å². The van der Waals surface area contributed by atoms with Gasteiger partial charge in [0.05, 0.1) is 19.8 Å². The zero-order valence-corrected chi connectivity index (χ0v) is 19.5. The summed E-state index contributed by atoms with van der Waals surface area (Å²) in [6.45, 7) is 2.07. The molecule has 1 aliphatic heterocycles. The second-order valence-corrected chi connectivity index (χ2v) is 8.48. The second-order valence-electron chi connectivity index (χ2n) is 8.48. The third-order valence-electron chi connectivity index (χ3n) is 6.26. The lowest BCUT2D eigenvalue weighted by Crippen LogP contribution is -2.24. The quantitative estimate of drug-likeness (QED) is 0.462. The number of carbonyl (C=O) groups is 1. The molecule has 174 valence electrons. The molecule has 2 aromatic carbocycles. The molecule has 0 N–H and O–H groups in total. The zero-order chi connectivity index (χ0) is 23.5. The largest absolute Gasteiger partial charge is 0.497 e. The maximum atomic E-state index is 13.1. The molecule has 7 heteroatoms. The number of fused-ring (bicyclic) bond motifs is 1. The average Bonchev–Trinajstić information content (AvgIpc) is 3.42. The van der Waals surface area contributed by atoms with Crippen LogP contribution in [-0.4, -0.2) is 47.1 Å². The fourth-order valence-corrected chi connectivity index (χ4v) is 4.55. The highest BCUT2D eigenvalue weighted by atomic mass is 16.5. The van der Waals surface area contributed by atoms with Crippen LogP contribution in [0.5, 0.6) is 5.75 Å². The molecule has 1 aliphatic carbocycles. The molecule has 0 atom stereocenters. The second kappa shape index (κ2) is 9.63. The average molecular weight is 457 g/mol. The van der Waals surface area contributed by atoms with Crippen LogP contribution >= 0.6 is 0 Å². The summed E-state index contributed by atoms with van der Waals surface area (Å²) in [4.78, 5) is 23.1. The Hall–Kier alpha value is -3.74. The molecule has 0 unspecified atom stereocenters. The lowest BCUT2D eigenvalue weighted by atomic mass is 9.96. The van der Waals surface area contributed by atoms with Crippen molar-refractivity contribution in [3.8, 4) is 17.0 Å². The predicted molar refractivity (Wildman–Crippen MR) is 133 cm³/mol. The Morgan fingerprint density at radius 2 is 1.76 bits per heavy atom. The smallest absolute Gasteiger partial charge is 0.344 e. The van der Waals surface area contributed by atoms with E-state index in [-0.39, 0.29) is 12.6 Å². The molecular weight excluding hydrogens is 428 g/mol. The maximum Gasteiger partial charge on any atom is 0.344 e. The molecule has 3 aromatic rings. The van der Waals surface area contributed by atoms with E-state index in [0.29, 0.717) is 28.6 Å². The molecule has 1 saturated carbocycles. The molecule has 0 spiro atoms. The first-order chi connectivity index (χ1) is 16.7. The van der Waals surface area contributed by atoms with Gasteiger partial charge in [-0.25, -0.2) is 9.79 Å². The summed E-state index contributed by atoms with van der Waals surface area (Å²) in [6.07, 6.45) is 5.69. The standard InChI is InChI=1S/C27H28N4O3/c1-3-34-27(32)22-23(18-10-6-4-7-11-18)30-31-25(22)29-24(19-14-16-21(33-2)17-15-19)26(31)28-20-12-8-5-9-13-20/h4,6-7,10-11,14-17,20H,3,5,8-9,12-13H2,1-2H3. The maximum absolute atomic E-state index is 13.1.